The summed E-state index contributed by atoms with van der Waals surface area (Å²) in [6.45, 7) is 2.05. The fourth-order valence-electron chi connectivity index (χ4n) is 7.51. The first-order valence-corrected chi connectivity index (χ1v) is 36.4. The molecule has 0 aromatic rings. The van der Waals surface area contributed by atoms with E-state index in [1.165, 1.54) is 0 Å². The smallest absolute Gasteiger partial charge is 0.463 e. The zero-order chi connectivity index (χ0) is 68.1. The van der Waals surface area contributed by atoms with Crippen LogP contribution >= 0.6 is 15.6 Å². The second kappa shape index (κ2) is 66.2. The van der Waals surface area contributed by atoms with Crippen LogP contribution in [0.15, 0.2) is 207 Å². The van der Waals surface area contributed by atoms with Gasteiger partial charge in [0.1, 0.15) is 25.4 Å². The highest BCUT2D eigenvalue weighted by Crippen LogP contribution is 2.45. The quantitative estimate of drug-likeness (QED) is 0.0146. The van der Waals surface area contributed by atoms with Crippen LogP contribution in [0.2, 0.25) is 0 Å². The molecule has 16 nitrogen and oxygen atoms in total. The number of carbonyl (C=O) groups excluding carboxylic acids is 3. The second-order valence-electron chi connectivity index (χ2n) is 21.1. The van der Waals surface area contributed by atoms with E-state index in [9.17, 15) is 43.5 Å². The van der Waals surface area contributed by atoms with Crippen molar-refractivity contribution in [3.05, 3.63) is 207 Å². The van der Waals surface area contributed by atoms with Crippen LogP contribution in [0.25, 0.3) is 0 Å². The second-order valence-corrected chi connectivity index (χ2v) is 24.0. The molecule has 0 aliphatic heterocycles. The zero-order valence-electron chi connectivity index (χ0n) is 56.1. The van der Waals surface area contributed by atoms with Crippen LogP contribution in [0.4, 0.5) is 0 Å². The van der Waals surface area contributed by atoms with E-state index in [0.29, 0.717) is 32.1 Å². The van der Waals surface area contributed by atoms with Gasteiger partial charge in [-0.15, -0.1) is 0 Å². The van der Waals surface area contributed by atoms with Crippen molar-refractivity contribution < 1.29 is 75.8 Å². The van der Waals surface area contributed by atoms with Crippen molar-refractivity contribution in [2.75, 3.05) is 39.6 Å². The number of unbranched alkanes of at least 4 members (excludes halogenated alkanes) is 3. The van der Waals surface area contributed by atoms with E-state index in [1.807, 2.05) is 30.4 Å². The summed E-state index contributed by atoms with van der Waals surface area (Å²) in [7, 11) is -9.85. The first-order chi connectivity index (χ1) is 45.2. The number of esters is 3. The number of hydrogen-bond donors (Lipinski definition) is 4. The Morgan fingerprint density at radius 3 is 0.903 bits per heavy atom. The molecule has 0 rings (SSSR count). The maximum atomic E-state index is 12.9. The average Bonchev–Trinajstić information content (AvgIpc) is 3.72. The van der Waals surface area contributed by atoms with Crippen molar-refractivity contribution in [2.45, 2.75) is 206 Å². The number of allylic oxidation sites excluding steroid dienone is 34. The number of phosphoric ester groups is 2. The minimum atomic E-state index is -4.97. The van der Waals surface area contributed by atoms with E-state index in [0.717, 1.165) is 116 Å². The van der Waals surface area contributed by atoms with Crippen molar-refractivity contribution in [1.82, 2.24) is 0 Å². The van der Waals surface area contributed by atoms with Gasteiger partial charge in [0.15, 0.2) is 6.10 Å². The molecular formula is C75H114O16P2. The normalized spacial score (nSPS) is 15.5. The minimum absolute atomic E-state index is 0.000920. The Kier molecular flexibility index (Phi) is 62.0. The lowest BCUT2D eigenvalue weighted by Crippen LogP contribution is -2.30. The van der Waals surface area contributed by atoms with Crippen LogP contribution in [0, 0.1) is 0 Å². The fraction of sp³-hybridized carbons (Fsp3) is 0.507. The summed E-state index contributed by atoms with van der Waals surface area (Å²) in [5, 5.41) is 20.5. The van der Waals surface area contributed by atoms with Crippen LogP contribution in [-0.2, 0) is 55.8 Å². The number of hydrogen-bond acceptors (Lipinski definition) is 14. The lowest BCUT2D eigenvalue weighted by atomic mass is 10.2. The first kappa shape index (κ1) is 87.1. The van der Waals surface area contributed by atoms with Crippen molar-refractivity contribution in [3.8, 4) is 0 Å². The summed E-state index contributed by atoms with van der Waals surface area (Å²) in [6.07, 6.45) is 86.2. The third kappa shape index (κ3) is 67.4. The van der Waals surface area contributed by atoms with Crippen molar-refractivity contribution in [1.29, 1.82) is 0 Å². The van der Waals surface area contributed by atoms with Crippen LogP contribution in [-0.4, -0.2) is 95.9 Å². The number of carbonyl (C=O) groups is 3. The Hall–Kier alpha value is -5.87. The molecule has 0 bridgehead atoms. The van der Waals surface area contributed by atoms with Gasteiger partial charge in [0.25, 0.3) is 0 Å². The summed E-state index contributed by atoms with van der Waals surface area (Å²) >= 11 is 0. The van der Waals surface area contributed by atoms with Gasteiger partial charge in [-0.1, -0.05) is 227 Å². The summed E-state index contributed by atoms with van der Waals surface area (Å²) in [4.78, 5) is 58.3. The molecule has 4 N–H and O–H groups in total. The van der Waals surface area contributed by atoms with E-state index >= 15 is 0 Å². The maximum Gasteiger partial charge on any atom is 0.472 e. The van der Waals surface area contributed by atoms with Crippen molar-refractivity contribution in [3.63, 3.8) is 0 Å². The number of ether oxygens (including phenoxy) is 3. The predicted molar refractivity (Wildman–Crippen MR) is 380 cm³/mol. The molecule has 0 amide bonds. The molecule has 0 spiro atoms. The molecule has 0 aliphatic rings. The van der Waals surface area contributed by atoms with E-state index in [2.05, 4.69) is 197 Å². The molecule has 520 valence electrons. The minimum Gasteiger partial charge on any atom is -0.463 e. The van der Waals surface area contributed by atoms with Gasteiger partial charge in [0, 0.05) is 19.3 Å². The number of phosphoric acid groups is 2. The van der Waals surface area contributed by atoms with E-state index in [4.69, 9.17) is 32.3 Å². The molecule has 0 heterocycles. The molecular weight excluding hydrogens is 1220 g/mol. The van der Waals surface area contributed by atoms with Gasteiger partial charge in [0.05, 0.1) is 26.4 Å². The topological polar surface area (TPSA) is 231 Å². The van der Waals surface area contributed by atoms with Gasteiger partial charge in [-0.3, -0.25) is 32.5 Å². The molecule has 5 atom stereocenters. The Balaban J connectivity index is 4.89. The lowest BCUT2D eigenvalue weighted by Gasteiger charge is -2.21. The molecule has 0 radical (unpaired) electrons. The Labute approximate surface area is 559 Å². The number of rotatable bonds is 60. The van der Waals surface area contributed by atoms with Gasteiger partial charge < -0.3 is 34.2 Å². The SMILES string of the molecule is CC/C=C\C/C=C\C/C=C\C/C=C\C/C=C\C/C=C\CCCCC(=O)OCC(O)COP(=O)(O)OCC(O)COP(=O)(O)OCC(COC(=O)CC/C=C\C/C=C\C/C=C\C/C=C\C/C=C\C/C=C\CC)OC(=O)CCC/C=C\C/C=C\C/C=C\C/C=C\C/C=C\CC. The van der Waals surface area contributed by atoms with Gasteiger partial charge >= 0.3 is 33.6 Å². The third-order valence-corrected chi connectivity index (χ3v) is 14.4. The van der Waals surface area contributed by atoms with Crippen LogP contribution in [0.1, 0.15) is 188 Å². The summed E-state index contributed by atoms with van der Waals surface area (Å²) in [5.41, 5.74) is 0. The highest BCUT2D eigenvalue weighted by Gasteiger charge is 2.29. The standard InChI is InChI=1S/C75H114O16P2/c1-4-7-10-13-16-19-22-25-28-31-33-34-36-39-40-43-46-49-52-55-58-61-73(78)85-64-70(76)65-87-92(81,82)88-66-71(77)67-89-93(83,84)90-69-72(91-75(80)63-60-57-54-51-48-45-42-37-30-27-24-21-18-15-12-9-6-3)68-86-74(79)62-59-56-53-50-47-44-41-38-35-32-29-26-23-20-17-14-11-8-5-2/h7-12,16-21,25-30,33-35,38-40,42,44-47,49,51,53-54,56,70-72,76-77H,4-6,13-15,22-24,31-32,36-37,41,43,48,50,52,55,57-69H2,1-3H3,(H,81,82)(H,83,84)/b10-7-,11-8-,12-9-,19-16-,20-17-,21-18-,28-25-,29-26-,30-27-,34-33-,38-35-,40-39-,45-42-,47-44-,49-46-,54-51-,56-53-. The van der Waals surface area contributed by atoms with Crippen LogP contribution in [0.3, 0.4) is 0 Å². The fourth-order valence-corrected chi connectivity index (χ4v) is 9.10. The lowest BCUT2D eigenvalue weighted by molar-refractivity contribution is -0.161. The average molecular weight is 1330 g/mol. The van der Waals surface area contributed by atoms with E-state index in [1.54, 1.807) is 0 Å². The predicted octanol–water partition coefficient (Wildman–Crippen LogP) is 18.6. The maximum absolute atomic E-state index is 12.9. The largest absolute Gasteiger partial charge is 0.472 e. The summed E-state index contributed by atoms with van der Waals surface area (Å²) < 4.78 is 60.6. The molecule has 0 saturated heterocycles. The van der Waals surface area contributed by atoms with Gasteiger partial charge in [0.2, 0.25) is 0 Å². The number of aliphatic hydroxyl groups excluding tert-OH is 2. The van der Waals surface area contributed by atoms with E-state index in [-0.39, 0.29) is 19.3 Å². The van der Waals surface area contributed by atoms with Gasteiger partial charge in [-0.25, -0.2) is 9.13 Å². The Morgan fingerprint density at radius 1 is 0.301 bits per heavy atom. The van der Waals surface area contributed by atoms with Crippen LogP contribution in [0.5, 0.6) is 0 Å². The number of aliphatic hydroxyl groups is 2. The van der Waals surface area contributed by atoms with Crippen LogP contribution < -0.4 is 0 Å². The van der Waals surface area contributed by atoms with Gasteiger partial charge in [-0.2, -0.15) is 0 Å². The molecule has 0 aliphatic carbocycles. The third-order valence-electron chi connectivity index (χ3n) is 12.5. The Bertz CT molecular complexity index is 2520. The molecule has 0 aromatic carbocycles. The molecule has 18 heteroatoms. The summed E-state index contributed by atoms with van der Waals surface area (Å²) in [6, 6.07) is 0. The zero-order valence-corrected chi connectivity index (χ0v) is 57.9. The molecule has 0 saturated carbocycles. The first-order valence-electron chi connectivity index (χ1n) is 33.4. The van der Waals surface area contributed by atoms with Crippen molar-refractivity contribution >= 4 is 33.6 Å². The monoisotopic (exact) mass is 1330 g/mol. The Morgan fingerprint density at radius 2 is 0.559 bits per heavy atom. The highest BCUT2D eigenvalue weighted by atomic mass is 31.2. The van der Waals surface area contributed by atoms with E-state index < -0.39 is 91.5 Å². The molecule has 0 fully saturated rings. The molecule has 5 unspecified atom stereocenters. The summed E-state index contributed by atoms with van der Waals surface area (Å²) in [5.74, 6) is -1.81. The molecule has 93 heavy (non-hydrogen) atoms. The molecule has 0 aromatic heterocycles. The highest BCUT2D eigenvalue weighted by molar-refractivity contribution is 7.47. The van der Waals surface area contributed by atoms with Gasteiger partial charge in [-0.05, 0) is 148 Å². The van der Waals surface area contributed by atoms with Crippen molar-refractivity contribution in [2.24, 2.45) is 0 Å².